The van der Waals surface area contributed by atoms with Crippen LogP contribution in [0.4, 0.5) is 0 Å². The molecule has 7 heteroatoms. The quantitative estimate of drug-likeness (QED) is 0.809. The smallest absolute Gasteiger partial charge is 0.313 e. The van der Waals surface area contributed by atoms with Gasteiger partial charge in [-0.05, 0) is 38.0 Å². The third-order valence-corrected chi connectivity index (χ3v) is 4.45. The summed E-state index contributed by atoms with van der Waals surface area (Å²) in [6, 6.07) is 4.99. The second-order valence-corrected chi connectivity index (χ2v) is 6.15. The zero-order chi connectivity index (χ0) is 18.4. The average molecular weight is 351 g/mol. The van der Waals surface area contributed by atoms with Gasteiger partial charge in [0.25, 0.3) is 5.91 Å². The number of carboxylic acid groups (broad SMARTS) is 1. The Balaban J connectivity index is 2.23. The van der Waals surface area contributed by atoms with Gasteiger partial charge >= 0.3 is 5.97 Å². The molecule has 1 aliphatic rings. The summed E-state index contributed by atoms with van der Waals surface area (Å²) in [7, 11) is 2.99. The fourth-order valence-corrected chi connectivity index (χ4v) is 3.19. The van der Waals surface area contributed by atoms with E-state index in [-0.39, 0.29) is 19.1 Å². The predicted molar refractivity (Wildman–Crippen MR) is 91.2 cm³/mol. The van der Waals surface area contributed by atoms with Crippen molar-refractivity contribution in [2.75, 3.05) is 40.5 Å². The van der Waals surface area contributed by atoms with E-state index in [2.05, 4.69) is 0 Å². The van der Waals surface area contributed by atoms with Crippen molar-refractivity contribution in [3.63, 3.8) is 0 Å². The fourth-order valence-electron chi connectivity index (χ4n) is 3.19. The van der Waals surface area contributed by atoms with Gasteiger partial charge in [-0.15, -0.1) is 0 Å². The summed E-state index contributed by atoms with van der Waals surface area (Å²) in [5.41, 5.74) is -0.614. The standard InChI is InChI=1S/C18H25NO6/c1-4-25-14-7-6-13(10-15(14)24-3)16(20)19-9-5-8-18(11-19,12-23-2)17(21)22/h6-7,10H,4-5,8-9,11-12H2,1-3H3,(H,21,22). The normalized spacial score (nSPS) is 20.2. The summed E-state index contributed by atoms with van der Waals surface area (Å²) in [6.45, 7) is 3.10. The maximum Gasteiger partial charge on any atom is 0.313 e. The molecule has 0 aliphatic carbocycles. The van der Waals surface area contributed by atoms with Crippen molar-refractivity contribution in [1.82, 2.24) is 4.90 Å². The molecule has 1 aromatic rings. The molecule has 1 N–H and O–H groups in total. The minimum atomic E-state index is -1.06. The van der Waals surface area contributed by atoms with E-state index >= 15 is 0 Å². The van der Waals surface area contributed by atoms with Gasteiger partial charge in [-0.25, -0.2) is 0 Å². The lowest BCUT2D eigenvalue weighted by Crippen LogP contribution is -2.52. The predicted octanol–water partition coefficient (Wildman–Crippen LogP) is 2.05. The number of piperidine rings is 1. The van der Waals surface area contributed by atoms with Crippen LogP contribution < -0.4 is 9.47 Å². The molecule has 0 saturated carbocycles. The van der Waals surface area contributed by atoms with Gasteiger partial charge in [0.15, 0.2) is 11.5 Å². The molecule has 0 aromatic heterocycles. The van der Waals surface area contributed by atoms with Crippen LogP contribution in [0.25, 0.3) is 0 Å². The molecular weight excluding hydrogens is 326 g/mol. The van der Waals surface area contributed by atoms with Gasteiger partial charge in [0.1, 0.15) is 5.41 Å². The SMILES string of the molecule is CCOc1ccc(C(=O)N2CCCC(COC)(C(=O)O)C2)cc1OC. The number of likely N-dealkylation sites (tertiary alicyclic amines) is 1. The van der Waals surface area contributed by atoms with E-state index in [4.69, 9.17) is 14.2 Å². The summed E-state index contributed by atoms with van der Waals surface area (Å²) >= 11 is 0. The lowest BCUT2D eigenvalue weighted by atomic mass is 9.80. The second kappa shape index (κ2) is 8.20. The molecule has 1 saturated heterocycles. The van der Waals surface area contributed by atoms with Crippen LogP contribution in [0.2, 0.25) is 0 Å². The van der Waals surface area contributed by atoms with Crippen LogP contribution in [0.15, 0.2) is 18.2 Å². The zero-order valence-electron chi connectivity index (χ0n) is 14.9. The molecule has 1 atom stereocenters. The first-order valence-electron chi connectivity index (χ1n) is 8.30. The second-order valence-electron chi connectivity index (χ2n) is 6.15. The van der Waals surface area contributed by atoms with Crippen molar-refractivity contribution in [3.8, 4) is 11.5 Å². The third-order valence-electron chi connectivity index (χ3n) is 4.45. The summed E-state index contributed by atoms with van der Waals surface area (Å²) in [6.07, 6.45) is 1.11. The summed E-state index contributed by atoms with van der Waals surface area (Å²) < 4.78 is 15.8. The molecule has 0 spiro atoms. The number of nitrogens with zero attached hydrogens (tertiary/aromatic N) is 1. The van der Waals surface area contributed by atoms with E-state index in [0.717, 1.165) is 0 Å². The van der Waals surface area contributed by atoms with Gasteiger partial charge in [0.05, 0.1) is 20.3 Å². The van der Waals surface area contributed by atoms with Crippen LogP contribution in [0.3, 0.4) is 0 Å². The molecule has 7 nitrogen and oxygen atoms in total. The first-order valence-corrected chi connectivity index (χ1v) is 8.30. The number of hydrogen-bond acceptors (Lipinski definition) is 5. The number of carboxylic acids is 1. The number of ether oxygens (including phenoxy) is 3. The van der Waals surface area contributed by atoms with Crippen LogP contribution >= 0.6 is 0 Å². The number of amides is 1. The summed E-state index contributed by atoms with van der Waals surface area (Å²) in [5, 5.41) is 9.61. The van der Waals surface area contributed by atoms with Crippen LogP contribution in [0, 0.1) is 5.41 Å². The molecular formula is C18H25NO6. The number of carbonyl (C=O) groups is 2. The number of hydrogen-bond donors (Lipinski definition) is 1. The van der Waals surface area contributed by atoms with E-state index in [9.17, 15) is 14.7 Å². The van der Waals surface area contributed by atoms with Crippen molar-refractivity contribution in [3.05, 3.63) is 23.8 Å². The molecule has 1 fully saturated rings. The van der Waals surface area contributed by atoms with Crippen LogP contribution in [-0.2, 0) is 9.53 Å². The molecule has 0 bridgehead atoms. The van der Waals surface area contributed by atoms with Gasteiger partial charge in [0.2, 0.25) is 0 Å². The van der Waals surface area contributed by atoms with E-state index < -0.39 is 11.4 Å². The van der Waals surface area contributed by atoms with Gasteiger partial charge in [-0.1, -0.05) is 0 Å². The third kappa shape index (κ3) is 4.04. The monoisotopic (exact) mass is 351 g/mol. The van der Waals surface area contributed by atoms with Crippen molar-refractivity contribution in [1.29, 1.82) is 0 Å². The molecule has 1 aliphatic heterocycles. The highest BCUT2D eigenvalue weighted by molar-refractivity contribution is 5.95. The van der Waals surface area contributed by atoms with Crippen molar-refractivity contribution in [2.24, 2.45) is 5.41 Å². The van der Waals surface area contributed by atoms with Crippen molar-refractivity contribution < 1.29 is 28.9 Å². The molecule has 1 aromatic carbocycles. The van der Waals surface area contributed by atoms with E-state index in [1.165, 1.54) is 14.2 Å². The molecule has 0 radical (unpaired) electrons. The number of rotatable bonds is 7. The van der Waals surface area contributed by atoms with Gasteiger partial charge in [-0.3, -0.25) is 9.59 Å². The zero-order valence-corrected chi connectivity index (χ0v) is 14.9. The summed E-state index contributed by atoms with van der Waals surface area (Å²) in [4.78, 5) is 26.2. The van der Waals surface area contributed by atoms with E-state index in [0.29, 0.717) is 43.1 Å². The van der Waals surface area contributed by atoms with Crippen LogP contribution in [-0.4, -0.2) is 62.4 Å². The van der Waals surface area contributed by atoms with Crippen molar-refractivity contribution >= 4 is 11.9 Å². The Bertz CT molecular complexity index is 628. The first-order chi connectivity index (χ1) is 12.0. The summed E-state index contributed by atoms with van der Waals surface area (Å²) in [5.74, 6) is -0.107. The Labute approximate surface area is 147 Å². The van der Waals surface area contributed by atoms with Gasteiger partial charge in [-0.2, -0.15) is 0 Å². The topological polar surface area (TPSA) is 85.3 Å². The number of carbonyl (C=O) groups excluding carboxylic acids is 1. The van der Waals surface area contributed by atoms with E-state index in [1.54, 1.807) is 23.1 Å². The Kier molecular flexibility index (Phi) is 6.25. The molecule has 1 heterocycles. The molecule has 2 rings (SSSR count). The number of methoxy groups -OCH3 is 2. The Morgan fingerprint density at radius 2 is 2.04 bits per heavy atom. The van der Waals surface area contributed by atoms with Gasteiger partial charge in [0, 0.05) is 25.8 Å². The maximum atomic E-state index is 12.8. The number of benzene rings is 1. The lowest BCUT2D eigenvalue weighted by Gasteiger charge is -2.39. The average Bonchev–Trinajstić information content (AvgIpc) is 2.62. The van der Waals surface area contributed by atoms with Crippen LogP contribution in [0.5, 0.6) is 11.5 Å². The van der Waals surface area contributed by atoms with Gasteiger partial charge < -0.3 is 24.2 Å². The first kappa shape index (κ1) is 19.1. The van der Waals surface area contributed by atoms with Crippen LogP contribution in [0.1, 0.15) is 30.1 Å². The maximum absolute atomic E-state index is 12.8. The highest BCUT2D eigenvalue weighted by Crippen LogP contribution is 2.33. The molecule has 138 valence electrons. The minimum Gasteiger partial charge on any atom is -0.493 e. The molecule has 1 amide bonds. The Morgan fingerprint density at radius 3 is 2.64 bits per heavy atom. The highest BCUT2D eigenvalue weighted by Gasteiger charge is 2.44. The lowest BCUT2D eigenvalue weighted by molar-refractivity contribution is -0.155. The highest BCUT2D eigenvalue weighted by atomic mass is 16.5. The molecule has 25 heavy (non-hydrogen) atoms. The largest absolute Gasteiger partial charge is 0.493 e. The minimum absolute atomic E-state index is 0.0821. The Morgan fingerprint density at radius 1 is 1.28 bits per heavy atom. The Hall–Kier alpha value is -2.28. The number of aliphatic carboxylic acids is 1. The molecule has 1 unspecified atom stereocenters. The van der Waals surface area contributed by atoms with E-state index in [1.807, 2.05) is 6.92 Å². The van der Waals surface area contributed by atoms with Crippen molar-refractivity contribution in [2.45, 2.75) is 19.8 Å². The fraction of sp³-hybridized carbons (Fsp3) is 0.556.